The number of hydrogen-bond acceptors (Lipinski definition) is 3. The fourth-order valence-electron chi connectivity index (χ4n) is 4.01. The third-order valence-corrected chi connectivity index (χ3v) is 4.89. The van der Waals surface area contributed by atoms with Crippen LogP contribution < -0.4 is 0 Å². The summed E-state index contributed by atoms with van der Waals surface area (Å²) in [5.74, 6) is 0.534. The number of nitrogens with zero attached hydrogens (tertiary/aromatic N) is 2. The van der Waals surface area contributed by atoms with Crippen molar-refractivity contribution in [3.8, 4) is 0 Å². The predicted molar refractivity (Wildman–Crippen MR) is 68.7 cm³/mol. The summed E-state index contributed by atoms with van der Waals surface area (Å²) in [7, 11) is 3.55. The Morgan fingerprint density at radius 2 is 2.33 bits per heavy atom. The topological polar surface area (TPSA) is 32.8 Å². The smallest absolute Gasteiger partial charge is 0.411 e. The van der Waals surface area contributed by atoms with Crippen molar-refractivity contribution in [1.29, 1.82) is 0 Å². The molecule has 0 N–H and O–H groups in total. The molecule has 3 rings (SSSR count). The summed E-state index contributed by atoms with van der Waals surface area (Å²) in [6.07, 6.45) is 8.60. The molecule has 0 spiro atoms. The van der Waals surface area contributed by atoms with Gasteiger partial charge in [-0.15, -0.1) is 0 Å². The average Bonchev–Trinajstić information content (AvgIpc) is 2.85. The lowest BCUT2D eigenvalue weighted by molar-refractivity contribution is 0.0657. The highest BCUT2D eigenvalue weighted by molar-refractivity contribution is 5.68. The van der Waals surface area contributed by atoms with Crippen LogP contribution in [0.4, 0.5) is 4.79 Å². The Balaban J connectivity index is 1.98. The number of hydrogen-bond donors (Lipinski definition) is 0. The van der Waals surface area contributed by atoms with E-state index < -0.39 is 0 Å². The second kappa shape index (κ2) is 3.77. The van der Waals surface area contributed by atoms with E-state index in [4.69, 9.17) is 4.74 Å². The number of fused-ring (bicyclic) bond motifs is 3. The van der Waals surface area contributed by atoms with E-state index >= 15 is 0 Å². The maximum atomic E-state index is 11.9. The van der Waals surface area contributed by atoms with Gasteiger partial charge in [0.25, 0.3) is 0 Å². The molecule has 2 saturated heterocycles. The molecule has 0 radical (unpaired) electrons. The van der Waals surface area contributed by atoms with Gasteiger partial charge in [-0.1, -0.05) is 19.1 Å². The van der Waals surface area contributed by atoms with Crippen molar-refractivity contribution in [3.63, 3.8) is 0 Å². The molecule has 4 heteroatoms. The van der Waals surface area contributed by atoms with E-state index in [0.717, 1.165) is 19.4 Å². The van der Waals surface area contributed by atoms with Gasteiger partial charge in [0.2, 0.25) is 0 Å². The molecule has 0 saturated carbocycles. The molecule has 0 bridgehead atoms. The first-order valence-electron chi connectivity index (χ1n) is 6.53. The second-order valence-electron chi connectivity index (χ2n) is 5.71. The first kappa shape index (κ1) is 11.6. The fourth-order valence-corrected chi connectivity index (χ4v) is 4.01. The quantitative estimate of drug-likeness (QED) is 0.659. The number of carbonyl (C=O) groups excluding carboxylic acids is 1. The molecule has 1 aliphatic carbocycles. The Morgan fingerprint density at radius 1 is 1.56 bits per heavy atom. The standard InChI is InChI=1S/C14H20N2O2/c1-14-8-9-16(13(17)18-3)12(14)15(2)11-7-5-4-6-10(11)14/h4-5,7,10,12H,6,8-9H2,1-3H3/t10?,12-,14-/m0/s1. The molecule has 4 nitrogen and oxygen atoms in total. The molecule has 3 atom stereocenters. The van der Waals surface area contributed by atoms with E-state index in [9.17, 15) is 4.79 Å². The van der Waals surface area contributed by atoms with E-state index in [-0.39, 0.29) is 17.7 Å². The zero-order valence-electron chi connectivity index (χ0n) is 11.2. The molecular weight excluding hydrogens is 228 g/mol. The lowest BCUT2D eigenvalue weighted by Crippen LogP contribution is -2.46. The van der Waals surface area contributed by atoms with Crippen LogP contribution in [0.5, 0.6) is 0 Å². The van der Waals surface area contributed by atoms with Crippen LogP contribution in [0.1, 0.15) is 19.8 Å². The zero-order valence-corrected chi connectivity index (χ0v) is 11.2. The minimum absolute atomic E-state index is 0.140. The van der Waals surface area contributed by atoms with Gasteiger partial charge in [0.05, 0.1) is 7.11 Å². The molecular formula is C14H20N2O2. The Hall–Kier alpha value is -1.45. The summed E-state index contributed by atoms with van der Waals surface area (Å²) >= 11 is 0. The van der Waals surface area contributed by atoms with E-state index in [0.29, 0.717) is 5.92 Å². The van der Waals surface area contributed by atoms with Crippen molar-refractivity contribution < 1.29 is 9.53 Å². The Bertz CT molecular complexity index is 443. The minimum Gasteiger partial charge on any atom is -0.453 e. The van der Waals surface area contributed by atoms with Crippen molar-refractivity contribution in [2.24, 2.45) is 11.3 Å². The maximum Gasteiger partial charge on any atom is 0.411 e. The summed E-state index contributed by atoms with van der Waals surface area (Å²) in [6, 6.07) is 0. The maximum absolute atomic E-state index is 11.9. The highest BCUT2D eigenvalue weighted by atomic mass is 16.5. The molecule has 2 fully saturated rings. The highest BCUT2D eigenvalue weighted by Gasteiger charge is 2.59. The van der Waals surface area contributed by atoms with E-state index in [1.165, 1.54) is 12.8 Å². The predicted octanol–water partition coefficient (Wildman–Crippen LogP) is 2.20. The van der Waals surface area contributed by atoms with Gasteiger partial charge >= 0.3 is 6.09 Å². The average molecular weight is 248 g/mol. The van der Waals surface area contributed by atoms with Gasteiger partial charge in [0.1, 0.15) is 6.17 Å². The summed E-state index contributed by atoms with van der Waals surface area (Å²) in [5, 5.41) is 0. The van der Waals surface area contributed by atoms with Crippen LogP contribution in [0.2, 0.25) is 0 Å². The van der Waals surface area contributed by atoms with E-state index in [1.807, 2.05) is 4.90 Å². The van der Waals surface area contributed by atoms with Gasteiger partial charge in [0, 0.05) is 30.6 Å². The number of amides is 1. The number of rotatable bonds is 0. The zero-order chi connectivity index (χ0) is 12.9. The van der Waals surface area contributed by atoms with Crippen LogP contribution in [-0.2, 0) is 4.74 Å². The second-order valence-corrected chi connectivity index (χ2v) is 5.71. The van der Waals surface area contributed by atoms with Crippen molar-refractivity contribution >= 4 is 6.09 Å². The lowest BCUT2D eigenvalue weighted by Gasteiger charge is -2.33. The molecule has 18 heavy (non-hydrogen) atoms. The van der Waals surface area contributed by atoms with Gasteiger partial charge in [-0.2, -0.15) is 0 Å². The number of likely N-dealkylation sites (tertiary alicyclic amines) is 2. The van der Waals surface area contributed by atoms with Gasteiger partial charge in [-0.25, -0.2) is 4.79 Å². The van der Waals surface area contributed by atoms with E-state index in [2.05, 4.69) is 37.1 Å². The van der Waals surface area contributed by atoms with Crippen molar-refractivity contribution in [3.05, 3.63) is 23.9 Å². The highest BCUT2D eigenvalue weighted by Crippen LogP contribution is 2.56. The van der Waals surface area contributed by atoms with Crippen LogP contribution in [0.15, 0.2) is 23.9 Å². The van der Waals surface area contributed by atoms with Crippen molar-refractivity contribution in [2.45, 2.75) is 25.9 Å². The SMILES string of the molecule is COC(=O)N1CC[C@@]2(C)C3CC=CC=C3N(C)[C@@H]12. The molecule has 0 aromatic rings. The molecule has 0 aromatic heterocycles. The number of ether oxygens (including phenoxy) is 1. The van der Waals surface area contributed by atoms with Crippen LogP contribution in [0, 0.1) is 11.3 Å². The molecule has 2 heterocycles. The summed E-state index contributed by atoms with van der Waals surface area (Å²) in [4.78, 5) is 16.0. The van der Waals surface area contributed by atoms with Crippen molar-refractivity contribution in [1.82, 2.24) is 9.80 Å². The lowest BCUT2D eigenvalue weighted by atomic mass is 9.73. The molecule has 98 valence electrons. The molecule has 0 aromatic carbocycles. The van der Waals surface area contributed by atoms with Gasteiger partial charge in [-0.05, 0) is 18.9 Å². The molecule has 2 aliphatic heterocycles. The van der Waals surface area contributed by atoms with Gasteiger partial charge in [-0.3, -0.25) is 4.90 Å². The number of methoxy groups -OCH3 is 1. The largest absolute Gasteiger partial charge is 0.453 e. The Labute approximate surface area is 108 Å². The normalized spacial score (nSPS) is 37.4. The number of allylic oxidation sites excluding steroid dienone is 4. The third-order valence-electron chi connectivity index (χ3n) is 4.89. The molecule has 3 aliphatic rings. The van der Waals surface area contributed by atoms with Crippen LogP contribution in [0.25, 0.3) is 0 Å². The monoisotopic (exact) mass is 248 g/mol. The Morgan fingerprint density at radius 3 is 3.06 bits per heavy atom. The summed E-state index contributed by atoms with van der Waals surface area (Å²) in [5.41, 5.74) is 1.51. The first-order valence-corrected chi connectivity index (χ1v) is 6.53. The Kier molecular flexibility index (Phi) is 2.44. The summed E-state index contributed by atoms with van der Waals surface area (Å²) in [6.45, 7) is 3.10. The van der Waals surface area contributed by atoms with Crippen LogP contribution in [0.3, 0.4) is 0 Å². The van der Waals surface area contributed by atoms with E-state index in [1.54, 1.807) is 0 Å². The van der Waals surface area contributed by atoms with Gasteiger partial charge in [0.15, 0.2) is 0 Å². The first-order chi connectivity index (χ1) is 8.59. The minimum atomic E-state index is -0.206. The van der Waals surface area contributed by atoms with Gasteiger partial charge < -0.3 is 9.64 Å². The van der Waals surface area contributed by atoms with Crippen molar-refractivity contribution in [2.75, 3.05) is 20.7 Å². The number of carbonyl (C=O) groups is 1. The van der Waals surface area contributed by atoms with Crippen LogP contribution in [-0.4, -0.2) is 42.8 Å². The third kappa shape index (κ3) is 1.29. The molecule has 1 amide bonds. The van der Waals surface area contributed by atoms with Crippen LogP contribution >= 0.6 is 0 Å². The summed E-state index contributed by atoms with van der Waals surface area (Å²) < 4.78 is 4.91. The fraction of sp³-hybridized carbons (Fsp3) is 0.643. The molecule has 1 unspecified atom stereocenters.